The second kappa shape index (κ2) is 5.19. The van der Waals surface area contributed by atoms with Gasteiger partial charge in [-0.25, -0.2) is 0 Å². The van der Waals surface area contributed by atoms with Gasteiger partial charge in [-0.1, -0.05) is 23.7 Å². The minimum Gasteiger partial charge on any atom is -0.160 e. The number of alkyl halides is 3. The summed E-state index contributed by atoms with van der Waals surface area (Å²) in [6, 6.07) is 6.84. The third-order valence-corrected chi connectivity index (χ3v) is 3.65. The molecule has 0 spiro atoms. The number of benzene rings is 1. The molecule has 0 aliphatic rings. The molecule has 0 unspecified atom stereocenters. The standard InChI is InChI=1S/C8H6ClF3S2/c9-6-3-1-2-4-7(6)13-5-14-8(10,11)12/h1-4H,5H2. The summed E-state index contributed by atoms with van der Waals surface area (Å²) in [6.07, 6.45) is 0. The molecule has 0 N–H and O–H groups in total. The van der Waals surface area contributed by atoms with E-state index in [4.69, 9.17) is 11.6 Å². The lowest BCUT2D eigenvalue weighted by atomic mass is 10.4. The van der Waals surface area contributed by atoms with Crippen molar-refractivity contribution in [3.63, 3.8) is 0 Å². The molecule has 14 heavy (non-hydrogen) atoms. The van der Waals surface area contributed by atoms with Crippen LogP contribution in [0.5, 0.6) is 0 Å². The lowest BCUT2D eigenvalue weighted by molar-refractivity contribution is -0.0324. The summed E-state index contributed by atoms with van der Waals surface area (Å²) >= 11 is 6.79. The zero-order valence-corrected chi connectivity index (χ0v) is 9.23. The topological polar surface area (TPSA) is 0 Å². The first-order valence-corrected chi connectivity index (χ1v) is 5.92. The van der Waals surface area contributed by atoms with Crippen molar-refractivity contribution in [2.24, 2.45) is 0 Å². The lowest BCUT2D eigenvalue weighted by Gasteiger charge is -2.05. The Labute approximate surface area is 93.2 Å². The Balaban J connectivity index is 2.43. The van der Waals surface area contributed by atoms with E-state index in [9.17, 15) is 13.2 Å². The number of hydrogen-bond acceptors (Lipinski definition) is 2. The number of hydrogen-bond donors (Lipinski definition) is 0. The van der Waals surface area contributed by atoms with Gasteiger partial charge in [0.05, 0.1) is 10.1 Å². The molecule has 0 heterocycles. The van der Waals surface area contributed by atoms with E-state index in [1.807, 2.05) is 0 Å². The molecule has 0 amide bonds. The van der Waals surface area contributed by atoms with Crippen molar-refractivity contribution in [1.82, 2.24) is 0 Å². The first-order chi connectivity index (χ1) is 6.49. The predicted octanol–water partition coefficient (Wildman–Crippen LogP) is 4.64. The SMILES string of the molecule is FC(F)(F)SCSc1ccccc1Cl. The average molecular weight is 259 g/mol. The molecule has 0 saturated heterocycles. The lowest BCUT2D eigenvalue weighted by Crippen LogP contribution is -1.99. The van der Waals surface area contributed by atoms with Crippen LogP contribution in [0.15, 0.2) is 29.2 Å². The molecule has 0 nitrogen and oxygen atoms in total. The number of rotatable bonds is 3. The number of halogens is 4. The molecule has 0 saturated carbocycles. The van der Waals surface area contributed by atoms with Gasteiger partial charge < -0.3 is 0 Å². The van der Waals surface area contributed by atoms with Gasteiger partial charge in [0.25, 0.3) is 0 Å². The van der Waals surface area contributed by atoms with Gasteiger partial charge >= 0.3 is 5.51 Å². The second-order valence-electron chi connectivity index (χ2n) is 2.28. The Morgan fingerprint density at radius 2 is 1.86 bits per heavy atom. The maximum absolute atomic E-state index is 11.8. The van der Waals surface area contributed by atoms with Crippen molar-refractivity contribution >= 4 is 35.1 Å². The maximum Gasteiger partial charge on any atom is 0.442 e. The molecule has 0 bridgehead atoms. The van der Waals surface area contributed by atoms with Gasteiger partial charge in [0.2, 0.25) is 0 Å². The van der Waals surface area contributed by atoms with Crippen LogP contribution in [0.25, 0.3) is 0 Å². The normalized spacial score (nSPS) is 11.7. The van der Waals surface area contributed by atoms with E-state index >= 15 is 0 Å². The van der Waals surface area contributed by atoms with E-state index in [2.05, 4.69) is 0 Å². The Kier molecular flexibility index (Phi) is 4.47. The molecule has 1 aromatic carbocycles. The van der Waals surface area contributed by atoms with Crippen LogP contribution in [0.1, 0.15) is 0 Å². The fourth-order valence-corrected chi connectivity index (χ4v) is 2.68. The third kappa shape index (κ3) is 4.48. The van der Waals surface area contributed by atoms with Gasteiger partial charge in [0, 0.05) is 4.90 Å². The average Bonchev–Trinajstić information content (AvgIpc) is 2.06. The van der Waals surface area contributed by atoms with Gasteiger partial charge in [-0.2, -0.15) is 13.2 Å². The molecule has 0 aromatic heterocycles. The molecule has 0 fully saturated rings. The first-order valence-electron chi connectivity index (χ1n) is 3.57. The summed E-state index contributed by atoms with van der Waals surface area (Å²) < 4.78 is 35.3. The van der Waals surface area contributed by atoms with Gasteiger partial charge in [-0.15, -0.1) is 11.8 Å². The summed E-state index contributed by atoms with van der Waals surface area (Å²) in [5, 5.41) is 0.410. The smallest absolute Gasteiger partial charge is 0.160 e. The van der Waals surface area contributed by atoms with Gasteiger partial charge in [-0.3, -0.25) is 0 Å². The van der Waals surface area contributed by atoms with Crippen molar-refractivity contribution < 1.29 is 13.2 Å². The number of thioether (sulfide) groups is 2. The van der Waals surface area contributed by atoms with E-state index in [0.717, 1.165) is 11.8 Å². The summed E-state index contributed by atoms with van der Waals surface area (Å²) in [5.41, 5.74) is -4.17. The zero-order chi connectivity index (χ0) is 10.6. The zero-order valence-electron chi connectivity index (χ0n) is 6.84. The van der Waals surface area contributed by atoms with Crippen LogP contribution in [0, 0.1) is 0 Å². The fraction of sp³-hybridized carbons (Fsp3) is 0.250. The van der Waals surface area contributed by atoms with E-state index in [1.165, 1.54) is 0 Å². The van der Waals surface area contributed by atoms with Crippen LogP contribution in [0.2, 0.25) is 5.02 Å². The summed E-state index contributed by atoms with van der Waals surface area (Å²) in [4.78, 5) is 0.672. The summed E-state index contributed by atoms with van der Waals surface area (Å²) in [7, 11) is 0. The van der Waals surface area contributed by atoms with Gasteiger partial charge in [0.15, 0.2) is 0 Å². The molecule has 0 radical (unpaired) electrons. The largest absolute Gasteiger partial charge is 0.442 e. The molecule has 1 rings (SSSR count). The van der Waals surface area contributed by atoms with Crippen molar-refractivity contribution in [2.75, 3.05) is 5.08 Å². The first kappa shape index (κ1) is 12.1. The maximum atomic E-state index is 11.8. The van der Waals surface area contributed by atoms with Crippen LogP contribution in [0.4, 0.5) is 13.2 Å². The van der Waals surface area contributed by atoms with Gasteiger partial charge in [-0.05, 0) is 23.9 Å². The fourth-order valence-electron chi connectivity index (χ4n) is 0.722. The Hall–Kier alpha value is -0.000000000000000111. The summed E-state index contributed by atoms with van der Waals surface area (Å²) in [6.45, 7) is 0. The molecular formula is C8H6ClF3S2. The predicted molar refractivity (Wildman–Crippen MR) is 55.8 cm³/mol. The Bertz CT molecular complexity index is 301. The quantitative estimate of drug-likeness (QED) is 0.572. The molecule has 0 aliphatic carbocycles. The Morgan fingerprint density at radius 3 is 2.43 bits per heavy atom. The highest BCUT2D eigenvalue weighted by molar-refractivity contribution is 8.16. The molecule has 1 aromatic rings. The molecule has 78 valence electrons. The highest BCUT2D eigenvalue weighted by atomic mass is 35.5. The minimum absolute atomic E-state index is 0.0586. The molecular weight excluding hydrogens is 253 g/mol. The van der Waals surface area contributed by atoms with E-state index in [0.29, 0.717) is 9.92 Å². The van der Waals surface area contributed by atoms with Crippen molar-refractivity contribution in [1.29, 1.82) is 0 Å². The Morgan fingerprint density at radius 1 is 1.21 bits per heavy atom. The molecule has 0 aliphatic heterocycles. The van der Waals surface area contributed by atoms with Crippen LogP contribution in [-0.4, -0.2) is 10.6 Å². The van der Waals surface area contributed by atoms with Gasteiger partial charge in [0.1, 0.15) is 0 Å². The minimum atomic E-state index is -4.17. The van der Waals surface area contributed by atoms with E-state index in [-0.39, 0.29) is 16.8 Å². The van der Waals surface area contributed by atoms with E-state index in [1.54, 1.807) is 24.3 Å². The van der Waals surface area contributed by atoms with E-state index < -0.39 is 5.51 Å². The van der Waals surface area contributed by atoms with Crippen molar-refractivity contribution in [2.45, 2.75) is 10.4 Å². The summed E-state index contributed by atoms with van der Waals surface area (Å²) in [5.74, 6) is 0. The highest BCUT2D eigenvalue weighted by Crippen LogP contribution is 2.36. The van der Waals surface area contributed by atoms with Crippen LogP contribution < -0.4 is 0 Å². The van der Waals surface area contributed by atoms with Crippen LogP contribution in [0.3, 0.4) is 0 Å². The van der Waals surface area contributed by atoms with Crippen LogP contribution >= 0.6 is 35.1 Å². The van der Waals surface area contributed by atoms with Crippen molar-refractivity contribution in [3.05, 3.63) is 29.3 Å². The molecule has 6 heteroatoms. The monoisotopic (exact) mass is 258 g/mol. The van der Waals surface area contributed by atoms with Crippen molar-refractivity contribution in [3.8, 4) is 0 Å². The van der Waals surface area contributed by atoms with Crippen LogP contribution in [-0.2, 0) is 0 Å². The highest BCUT2D eigenvalue weighted by Gasteiger charge is 2.27. The molecule has 0 atom stereocenters. The third-order valence-electron chi connectivity index (χ3n) is 1.27. The second-order valence-corrected chi connectivity index (χ2v) is 5.11.